The van der Waals surface area contributed by atoms with Gasteiger partial charge in [-0.25, -0.2) is 4.98 Å². The number of thiazole rings is 1. The van der Waals surface area contributed by atoms with Gasteiger partial charge in [0.2, 0.25) is 5.91 Å². The molecule has 1 aromatic rings. The fourth-order valence-electron chi connectivity index (χ4n) is 0.949. The molecule has 0 aliphatic carbocycles. The van der Waals surface area contributed by atoms with Crippen LogP contribution in [0.25, 0.3) is 0 Å². The number of nitrogen functional groups attached to an aromatic ring is 1. The van der Waals surface area contributed by atoms with E-state index in [4.69, 9.17) is 5.73 Å². The van der Waals surface area contributed by atoms with Crippen molar-refractivity contribution >= 4 is 22.4 Å². The van der Waals surface area contributed by atoms with E-state index in [1.165, 1.54) is 11.3 Å². The quantitative estimate of drug-likeness (QED) is 0.785. The van der Waals surface area contributed by atoms with Crippen LogP contribution in [0.2, 0.25) is 0 Å². The van der Waals surface area contributed by atoms with Crippen molar-refractivity contribution in [3.63, 3.8) is 0 Å². The Morgan fingerprint density at radius 3 is 2.93 bits per heavy atom. The predicted octanol–water partition coefficient (Wildman–Crippen LogP) is 1.04. The molecule has 0 fully saturated rings. The van der Waals surface area contributed by atoms with Gasteiger partial charge in [-0.3, -0.25) is 4.79 Å². The number of hydrogen-bond acceptors (Lipinski definition) is 4. The maximum absolute atomic E-state index is 11.3. The van der Waals surface area contributed by atoms with E-state index in [1.807, 2.05) is 5.38 Å². The molecule has 5 heteroatoms. The molecule has 0 saturated heterocycles. The molecule has 0 radical (unpaired) electrons. The maximum Gasteiger partial charge on any atom is 0.226 e. The molecule has 1 heterocycles. The lowest BCUT2D eigenvalue weighted by Gasteiger charge is -2.05. The highest BCUT2D eigenvalue weighted by molar-refractivity contribution is 7.13. The first-order chi connectivity index (χ1) is 6.58. The lowest BCUT2D eigenvalue weighted by Crippen LogP contribution is -2.28. The highest BCUT2D eigenvalue weighted by Gasteiger charge is 2.06. The number of rotatable bonds is 4. The van der Waals surface area contributed by atoms with Gasteiger partial charge in [0.25, 0.3) is 0 Å². The van der Waals surface area contributed by atoms with Gasteiger partial charge in [-0.1, -0.05) is 13.8 Å². The van der Waals surface area contributed by atoms with Crippen molar-refractivity contribution in [2.24, 2.45) is 5.92 Å². The van der Waals surface area contributed by atoms with Crippen LogP contribution in [0.15, 0.2) is 5.38 Å². The third-order valence-corrected chi connectivity index (χ3v) is 2.34. The SMILES string of the molecule is CC(C)CNC(=O)Cc1csc(N)n1. The monoisotopic (exact) mass is 213 g/mol. The zero-order valence-corrected chi connectivity index (χ0v) is 9.23. The number of nitrogens with one attached hydrogen (secondary N) is 1. The summed E-state index contributed by atoms with van der Waals surface area (Å²) in [5.41, 5.74) is 6.20. The summed E-state index contributed by atoms with van der Waals surface area (Å²) in [6.07, 6.45) is 0.320. The number of carbonyl (C=O) groups excluding carboxylic acids is 1. The van der Waals surface area contributed by atoms with E-state index >= 15 is 0 Å². The summed E-state index contributed by atoms with van der Waals surface area (Å²) >= 11 is 1.36. The third-order valence-electron chi connectivity index (χ3n) is 1.62. The van der Waals surface area contributed by atoms with E-state index in [0.29, 0.717) is 24.0 Å². The van der Waals surface area contributed by atoms with Crippen molar-refractivity contribution in [1.82, 2.24) is 10.3 Å². The van der Waals surface area contributed by atoms with E-state index in [9.17, 15) is 4.79 Å². The number of aromatic nitrogens is 1. The van der Waals surface area contributed by atoms with E-state index < -0.39 is 0 Å². The van der Waals surface area contributed by atoms with Crippen LogP contribution >= 0.6 is 11.3 Å². The van der Waals surface area contributed by atoms with E-state index in [1.54, 1.807) is 0 Å². The Kier molecular flexibility index (Phi) is 3.88. The Morgan fingerprint density at radius 2 is 2.43 bits per heavy atom. The molecule has 0 unspecified atom stereocenters. The molecule has 78 valence electrons. The highest BCUT2D eigenvalue weighted by Crippen LogP contribution is 2.11. The summed E-state index contributed by atoms with van der Waals surface area (Å²) < 4.78 is 0. The van der Waals surface area contributed by atoms with Crippen molar-refractivity contribution in [2.45, 2.75) is 20.3 Å². The van der Waals surface area contributed by atoms with Crippen LogP contribution in [0.1, 0.15) is 19.5 Å². The molecule has 14 heavy (non-hydrogen) atoms. The number of carbonyl (C=O) groups is 1. The van der Waals surface area contributed by atoms with Crippen LogP contribution < -0.4 is 11.1 Å². The fourth-order valence-corrected chi connectivity index (χ4v) is 1.51. The smallest absolute Gasteiger partial charge is 0.226 e. The molecule has 0 aliphatic rings. The second-order valence-electron chi connectivity index (χ2n) is 3.55. The molecular formula is C9H15N3OS. The molecule has 1 rings (SSSR count). The normalized spacial score (nSPS) is 10.5. The zero-order valence-electron chi connectivity index (χ0n) is 8.41. The summed E-state index contributed by atoms with van der Waals surface area (Å²) in [7, 11) is 0. The number of hydrogen-bond donors (Lipinski definition) is 2. The number of nitrogens with two attached hydrogens (primary N) is 1. The van der Waals surface area contributed by atoms with Crippen molar-refractivity contribution in [3.8, 4) is 0 Å². The van der Waals surface area contributed by atoms with Crippen molar-refractivity contribution < 1.29 is 4.79 Å². The molecule has 0 aliphatic heterocycles. The van der Waals surface area contributed by atoms with E-state index in [-0.39, 0.29) is 5.91 Å². The molecular weight excluding hydrogens is 198 g/mol. The number of amides is 1. The predicted molar refractivity (Wildman–Crippen MR) is 58.1 cm³/mol. The first-order valence-corrected chi connectivity index (χ1v) is 5.42. The minimum Gasteiger partial charge on any atom is -0.375 e. The van der Waals surface area contributed by atoms with Crippen molar-refractivity contribution in [2.75, 3.05) is 12.3 Å². The van der Waals surface area contributed by atoms with Crippen LogP contribution in [0, 0.1) is 5.92 Å². The summed E-state index contributed by atoms with van der Waals surface area (Å²) in [6.45, 7) is 4.82. The fraction of sp³-hybridized carbons (Fsp3) is 0.556. The Balaban J connectivity index is 2.34. The zero-order chi connectivity index (χ0) is 10.6. The minimum absolute atomic E-state index is 0.00370. The topological polar surface area (TPSA) is 68.0 Å². The van der Waals surface area contributed by atoms with E-state index in [0.717, 1.165) is 5.69 Å². The minimum atomic E-state index is 0.00370. The molecule has 0 saturated carbocycles. The Morgan fingerprint density at radius 1 is 1.71 bits per heavy atom. The van der Waals surface area contributed by atoms with Gasteiger partial charge < -0.3 is 11.1 Å². The molecule has 0 bridgehead atoms. The van der Waals surface area contributed by atoms with Crippen LogP contribution in [0.4, 0.5) is 5.13 Å². The second kappa shape index (κ2) is 4.95. The summed E-state index contributed by atoms with van der Waals surface area (Å²) in [5, 5.41) is 5.15. The first kappa shape index (κ1) is 11.0. The van der Waals surface area contributed by atoms with Crippen LogP contribution in [-0.2, 0) is 11.2 Å². The highest BCUT2D eigenvalue weighted by atomic mass is 32.1. The Bertz CT molecular complexity index is 309. The standard InChI is InChI=1S/C9H15N3OS/c1-6(2)4-11-8(13)3-7-5-14-9(10)12-7/h5-6H,3-4H2,1-2H3,(H2,10,12)(H,11,13). The average molecular weight is 213 g/mol. The van der Waals surface area contributed by atoms with Crippen molar-refractivity contribution in [1.29, 1.82) is 0 Å². The van der Waals surface area contributed by atoms with Gasteiger partial charge in [-0.05, 0) is 5.92 Å². The van der Waals surface area contributed by atoms with Gasteiger partial charge in [-0.2, -0.15) is 0 Å². The summed E-state index contributed by atoms with van der Waals surface area (Å²) in [5.74, 6) is 0.475. The second-order valence-corrected chi connectivity index (χ2v) is 4.44. The third kappa shape index (κ3) is 3.74. The Labute approximate surface area is 87.5 Å². The number of anilines is 1. The molecule has 1 aromatic heterocycles. The summed E-state index contributed by atoms with van der Waals surface area (Å²) in [4.78, 5) is 15.4. The number of nitrogens with zero attached hydrogens (tertiary/aromatic N) is 1. The van der Waals surface area contributed by atoms with Gasteiger partial charge in [0, 0.05) is 11.9 Å². The van der Waals surface area contributed by atoms with Gasteiger partial charge in [0.1, 0.15) is 0 Å². The van der Waals surface area contributed by atoms with Crippen LogP contribution in [0.3, 0.4) is 0 Å². The largest absolute Gasteiger partial charge is 0.375 e. The van der Waals surface area contributed by atoms with Gasteiger partial charge in [-0.15, -0.1) is 11.3 Å². The maximum atomic E-state index is 11.3. The average Bonchev–Trinajstić information content (AvgIpc) is 2.48. The van der Waals surface area contributed by atoms with Crippen LogP contribution in [0.5, 0.6) is 0 Å². The van der Waals surface area contributed by atoms with Crippen molar-refractivity contribution in [3.05, 3.63) is 11.1 Å². The van der Waals surface area contributed by atoms with Crippen LogP contribution in [-0.4, -0.2) is 17.4 Å². The molecule has 0 atom stereocenters. The van der Waals surface area contributed by atoms with Gasteiger partial charge in [0.05, 0.1) is 12.1 Å². The molecule has 0 spiro atoms. The molecule has 4 nitrogen and oxygen atoms in total. The lowest BCUT2D eigenvalue weighted by molar-refractivity contribution is -0.120. The summed E-state index contributed by atoms with van der Waals surface area (Å²) in [6, 6.07) is 0. The van der Waals surface area contributed by atoms with Gasteiger partial charge in [0.15, 0.2) is 5.13 Å². The van der Waals surface area contributed by atoms with E-state index in [2.05, 4.69) is 24.1 Å². The first-order valence-electron chi connectivity index (χ1n) is 4.54. The molecule has 1 amide bonds. The molecule has 3 N–H and O–H groups in total. The van der Waals surface area contributed by atoms with Gasteiger partial charge >= 0.3 is 0 Å². The molecule has 0 aromatic carbocycles. The lowest BCUT2D eigenvalue weighted by atomic mass is 10.2. The Hall–Kier alpha value is -1.10.